The fourth-order valence-corrected chi connectivity index (χ4v) is 4.48. The predicted molar refractivity (Wildman–Crippen MR) is 151 cm³/mol. The predicted octanol–water partition coefficient (Wildman–Crippen LogP) is 5.64. The zero-order valence-corrected chi connectivity index (χ0v) is 22.8. The van der Waals surface area contributed by atoms with Gasteiger partial charge in [0.2, 0.25) is 0 Å². The van der Waals surface area contributed by atoms with Crippen LogP contribution in [0.5, 0.6) is 5.75 Å². The van der Waals surface area contributed by atoms with E-state index in [9.17, 15) is 9.59 Å². The van der Waals surface area contributed by atoms with Crippen LogP contribution < -0.4 is 15.0 Å². The summed E-state index contributed by atoms with van der Waals surface area (Å²) in [4.78, 5) is 30.5. The number of rotatable bonds is 9. The number of hydrogen-bond acceptors (Lipinski definition) is 6. The number of carbonyl (C=O) groups excluding carboxylic acids is 2. The number of hydrogen-bond donors (Lipinski definition) is 1. The van der Waals surface area contributed by atoms with Crippen LogP contribution in [-0.2, 0) is 16.1 Å². The van der Waals surface area contributed by atoms with Crippen LogP contribution >= 0.6 is 11.6 Å². The third-order valence-electron chi connectivity index (χ3n) is 6.45. The second kappa shape index (κ2) is 12.3. The van der Waals surface area contributed by atoms with Gasteiger partial charge in [-0.05, 0) is 68.8 Å². The van der Waals surface area contributed by atoms with Gasteiger partial charge in [0.15, 0.2) is 5.60 Å². The third kappa shape index (κ3) is 7.05. The molecule has 3 aromatic rings. The molecule has 1 saturated heterocycles. The maximum absolute atomic E-state index is 13.4. The Balaban J connectivity index is 1.51. The number of benzene rings is 3. The van der Waals surface area contributed by atoms with Gasteiger partial charge in [0.1, 0.15) is 5.75 Å². The SMILES string of the molecule is CCOC(=O)c1ccc(N2CCN(Cc3ccccc3)CC2)c(NC(=O)C(C)(C)Oc2ccc(Cl)cc2)c1. The van der Waals surface area contributed by atoms with Gasteiger partial charge in [-0.15, -0.1) is 0 Å². The van der Waals surface area contributed by atoms with E-state index < -0.39 is 11.6 Å². The number of nitrogens with zero attached hydrogens (tertiary/aromatic N) is 2. The van der Waals surface area contributed by atoms with E-state index in [4.69, 9.17) is 21.1 Å². The number of ether oxygens (including phenoxy) is 2. The van der Waals surface area contributed by atoms with E-state index in [1.807, 2.05) is 12.1 Å². The molecule has 4 rings (SSSR count). The standard InChI is InChI=1S/C30H34ClN3O4/c1-4-37-28(35)23-10-15-27(34-18-16-33(17-19-34)21-22-8-6-5-7-9-22)26(20-23)32-29(36)30(2,3)38-25-13-11-24(31)12-14-25/h5-15,20H,4,16-19,21H2,1-3H3,(H,32,36). The Labute approximate surface area is 229 Å². The molecule has 3 aromatic carbocycles. The highest BCUT2D eigenvalue weighted by Crippen LogP contribution is 2.31. The van der Waals surface area contributed by atoms with Gasteiger partial charge in [-0.3, -0.25) is 9.69 Å². The fraction of sp³-hybridized carbons (Fsp3) is 0.333. The van der Waals surface area contributed by atoms with E-state index in [1.54, 1.807) is 57.2 Å². The van der Waals surface area contributed by atoms with Crippen molar-refractivity contribution in [1.29, 1.82) is 0 Å². The van der Waals surface area contributed by atoms with Crippen LogP contribution in [-0.4, -0.2) is 55.2 Å². The summed E-state index contributed by atoms with van der Waals surface area (Å²) in [6, 6.07) is 22.6. The van der Waals surface area contributed by atoms with Crippen molar-refractivity contribution in [3.8, 4) is 5.75 Å². The first-order valence-corrected chi connectivity index (χ1v) is 13.2. The molecule has 7 nitrogen and oxygen atoms in total. The lowest BCUT2D eigenvalue weighted by Gasteiger charge is -2.37. The number of piperazine rings is 1. The van der Waals surface area contributed by atoms with Gasteiger partial charge in [-0.25, -0.2) is 4.79 Å². The van der Waals surface area contributed by atoms with E-state index in [1.165, 1.54) is 5.56 Å². The average molecular weight is 536 g/mol. The summed E-state index contributed by atoms with van der Waals surface area (Å²) in [5.41, 5.74) is 1.89. The van der Waals surface area contributed by atoms with Crippen LogP contribution in [0.4, 0.5) is 11.4 Å². The molecule has 0 atom stereocenters. The summed E-state index contributed by atoms with van der Waals surface area (Å²) in [7, 11) is 0. The van der Waals surface area contributed by atoms with E-state index in [-0.39, 0.29) is 12.5 Å². The Bertz CT molecular complexity index is 1240. The molecule has 1 amide bonds. The number of amides is 1. The molecular weight excluding hydrogens is 502 g/mol. The van der Waals surface area contributed by atoms with Crippen LogP contribution in [0.2, 0.25) is 5.02 Å². The van der Waals surface area contributed by atoms with Gasteiger partial charge >= 0.3 is 5.97 Å². The van der Waals surface area contributed by atoms with Crippen molar-refractivity contribution in [2.45, 2.75) is 32.9 Å². The van der Waals surface area contributed by atoms with Crippen molar-refractivity contribution < 1.29 is 19.1 Å². The molecule has 0 unspecified atom stereocenters. The van der Waals surface area contributed by atoms with Crippen LogP contribution in [0.25, 0.3) is 0 Å². The summed E-state index contributed by atoms with van der Waals surface area (Å²) in [5, 5.41) is 3.60. The third-order valence-corrected chi connectivity index (χ3v) is 6.70. The first-order valence-electron chi connectivity index (χ1n) is 12.8. The monoisotopic (exact) mass is 535 g/mol. The van der Waals surface area contributed by atoms with Crippen molar-refractivity contribution in [2.24, 2.45) is 0 Å². The number of halogens is 1. The lowest BCUT2D eigenvalue weighted by atomic mass is 10.1. The molecule has 0 radical (unpaired) electrons. The molecule has 0 bridgehead atoms. The molecular formula is C30H34ClN3O4. The minimum atomic E-state index is -1.18. The molecule has 1 aliphatic heterocycles. The fourth-order valence-electron chi connectivity index (χ4n) is 4.36. The van der Waals surface area contributed by atoms with Crippen molar-refractivity contribution in [2.75, 3.05) is 43.0 Å². The minimum Gasteiger partial charge on any atom is -0.478 e. The Morgan fingerprint density at radius 1 is 0.947 bits per heavy atom. The molecule has 1 N–H and O–H groups in total. The molecule has 0 aliphatic carbocycles. The Kier molecular flexibility index (Phi) is 8.92. The highest BCUT2D eigenvalue weighted by atomic mass is 35.5. The van der Waals surface area contributed by atoms with Crippen molar-refractivity contribution >= 4 is 34.9 Å². The zero-order chi connectivity index (χ0) is 27.1. The lowest BCUT2D eigenvalue weighted by molar-refractivity contribution is -0.128. The molecule has 0 aromatic heterocycles. The topological polar surface area (TPSA) is 71.1 Å². The van der Waals surface area contributed by atoms with Crippen molar-refractivity contribution in [3.05, 3.63) is 88.9 Å². The van der Waals surface area contributed by atoms with Crippen LogP contribution in [0.3, 0.4) is 0 Å². The summed E-state index contributed by atoms with van der Waals surface area (Å²) in [5.74, 6) is -0.235. The maximum Gasteiger partial charge on any atom is 0.338 e. The zero-order valence-electron chi connectivity index (χ0n) is 22.1. The highest BCUT2D eigenvalue weighted by molar-refractivity contribution is 6.30. The minimum absolute atomic E-state index is 0.271. The maximum atomic E-state index is 13.4. The van der Waals surface area contributed by atoms with Crippen molar-refractivity contribution in [1.82, 2.24) is 4.90 Å². The molecule has 8 heteroatoms. The Morgan fingerprint density at radius 3 is 2.29 bits per heavy atom. The summed E-state index contributed by atoms with van der Waals surface area (Å²) in [6.07, 6.45) is 0. The summed E-state index contributed by atoms with van der Waals surface area (Å²) >= 11 is 5.98. The van der Waals surface area contributed by atoms with E-state index in [2.05, 4.69) is 39.4 Å². The first kappa shape index (κ1) is 27.5. The normalized spacial score (nSPS) is 14.2. The second-order valence-corrected chi connectivity index (χ2v) is 10.2. The van der Waals surface area contributed by atoms with Gasteiger partial charge < -0.3 is 19.7 Å². The first-order chi connectivity index (χ1) is 18.2. The Hall–Kier alpha value is -3.55. The quantitative estimate of drug-likeness (QED) is 0.358. The molecule has 200 valence electrons. The summed E-state index contributed by atoms with van der Waals surface area (Å²) in [6.45, 7) is 9.69. The number of anilines is 2. The van der Waals surface area contributed by atoms with Gasteiger partial charge in [0.05, 0.1) is 23.5 Å². The largest absolute Gasteiger partial charge is 0.478 e. The number of esters is 1. The smallest absolute Gasteiger partial charge is 0.338 e. The van der Waals surface area contributed by atoms with E-state index in [0.29, 0.717) is 22.0 Å². The number of nitrogens with one attached hydrogen (secondary N) is 1. The van der Waals surface area contributed by atoms with E-state index >= 15 is 0 Å². The molecule has 38 heavy (non-hydrogen) atoms. The molecule has 1 aliphatic rings. The van der Waals surface area contributed by atoms with Crippen LogP contribution in [0.15, 0.2) is 72.8 Å². The number of carbonyl (C=O) groups is 2. The van der Waals surface area contributed by atoms with Gasteiger partial charge in [-0.2, -0.15) is 0 Å². The van der Waals surface area contributed by atoms with E-state index in [0.717, 1.165) is 38.4 Å². The van der Waals surface area contributed by atoms with Gasteiger partial charge in [0.25, 0.3) is 5.91 Å². The molecule has 0 spiro atoms. The molecule has 1 fully saturated rings. The van der Waals surface area contributed by atoms with Gasteiger partial charge in [-0.1, -0.05) is 41.9 Å². The lowest BCUT2D eigenvalue weighted by Crippen LogP contribution is -2.46. The van der Waals surface area contributed by atoms with Gasteiger partial charge in [0, 0.05) is 37.7 Å². The molecule has 1 heterocycles. The van der Waals surface area contributed by atoms with Crippen LogP contribution in [0, 0.1) is 0 Å². The molecule has 0 saturated carbocycles. The summed E-state index contributed by atoms with van der Waals surface area (Å²) < 4.78 is 11.2. The van der Waals surface area contributed by atoms with Crippen LogP contribution in [0.1, 0.15) is 36.7 Å². The Morgan fingerprint density at radius 2 is 1.63 bits per heavy atom. The second-order valence-electron chi connectivity index (χ2n) is 9.72. The van der Waals surface area contributed by atoms with Crippen molar-refractivity contribution in [3.63, 3.8) is 0 Å². The average Bonchev–Trinajstić information content (AvgIpc) is 2.91. The highest BCUT2D eigenvalue weighted by Gasteiger charge is 2.31.